The van der Waals surface area contributed by atoms with E-state index >= 15 is 0 Å². The van der Waals surface area contributed by atoms with Crippen LogP contribution < -0.4 is 5.32 Å². The Morgan fingerprint density at radius 3 is 2.64 bits per heavy atom. The van der Waals surface area contributed by atoms with E-state index in [4.69, 9.17) is 16.1 Å². The minimum atomic E-state index is 0.651. The highest BCUT2D eigenvalue weighted by Gasteiger charge is 1.96. The Kier molecular flexibility index (Phi) is 2.70. The number of benzene rings is 1. The number of hydrogen-bond acceptors (Lipinski definition) is 3. The van der Waals surface area contributed by atoms with Gasteiger partial charge in [0.05, 0.1) is 6.54 Å². The van der Waals surface area contributed by atoms with Crippen LogP contribution in [0.3, 0.4) is 0 Å². The standard InChI is InChI=1S/C10H9ClN2O/c11-8-1-3-9(4-2-8)12-7-10-5-6-14-13-10/h1-6,12H,7H2. The van der Waals surface area contributed by atoms with Crippen LogP contribution >= 0.6 is 11.6 Å². The summed E-state index contributed by atoms with van der Waals surface area (Å²) in [5.41, 5.74) is 1.89. The molecule has 0 atom stereocenters. The number of halogens is 1. The molecule has 0 fully saturated rings. The van der Waals surface area contributed by atoms with E-state index in [0.29, 0.717) is 6.54 Å². The second-order valence-electron chi connectivity index (χ2n) is 2.85. The summed E-state index contributed by atoms with van der Waals surface area (Å²) in [6, 6.07) is 9.34. The molecule has 0 amide bonds. The lowest BCUT2D eigenvalue weighted by Gasteiger charge is -2.02. The minimum Gasteiger partial charge on any atom is -0.379 e. The SMILES string of the molecule is Clc1ccc(NCc2ccon2)cc1. The quantitative estimate of drug-likeness (QED) is 0.843. The van der Waals surface area contributed by atoms with Crippen LogP contribution in [-0.4, -0.2) is 5.16 Å². The molecular formula is C10H9ClN2O. The van der Waals surface area contributed by atoms with E-state index in [2.05, 4.69) is 10.5 Å². The van der Waals surface area contributed by atoms with Crippen molar-refractivity contribution in [2.45, 2.75) is 6.54 Å². The fraction of sp³-hybridized carbons (Fsp3) is 0.100. The number of rotatable bonds is 3. The van der Waals surface area contributed by atoms with Crippen molar-refractivity contribution >= 4 is 17.3 Å². The second-order valence-corrected chi connectivity index (χ2v) is 3.29. The van der Waals surface area contributed by atoms with Crippen LogP contribution in [0.25, 0.3) is 0 Å². The Labute approximate surface area is 86.7 Å². The van der Waals surface area contributed by atoms with Gasteiger partial charge in [-0.15, -0.1) is 0 Å². The first-order valence-corrected chi connectivity index (χ1v) is 4.61. The van der Waals surface area contributed by atoms with Crippen LogP contribution in [0.5, 0.6) is 0 Å². The maximum atomic E-state index is 5.76. The smallest absolute Gasteiger partial charge is 0.124 e. The van der Waals surface area contributed by atoms with E-state index in [9.17, 15) is 0 Å². The van der Waals surface area contributed by atoms with Crippen molar-refractivity contribution in [2.75, 3.05) is 5.32 Å². The molecule has 0 spiro atoms. The van der Waals surface area contributed by atoms with Crippen LogP contribution in [0.1, 0.15) is 5.69 Å². The summed E-state index contributed by atoms with van der Waals surface area (Å²) in [7, 11) is 0. The summed E-state index contributed by atoms with van der Waals surface area (Å²) >= 11 is 5.76. The zero-order chi connectivity index (χ0) is 9.80. The van der Waals surface area contributed by atoms with Crippen molar-refractivity contribution in [2.24, 2.45) is 0 Å². The lowest BCUT2D eigenvalue weighted by Crippen LogP contribution is -1.98. The molecular weight excluding hydrogens is 200 g/mol. The van der Waals surface area contributed by atoms with Gasteiger partial charge in [-0.1, -0.05) is 16.8 Å². The Bertz CT molecular complexity index is 383. The largest absolute Gasteiger partial charge is 0.379 e. The molecule has 0 radical (unpaired) electrons. The first-order valence-electron chi connectivity index (χ1n) is 4.23. The fourth-order valence-electron chi connectivity index (χ4n) is 1.09. The molecule has 2 rings (SSSR count). The number of nitrogens with one attached hydrogen (secondary N) is 1. The third kappa shape index (κ3) is 2.26. The van der Waals surface area contributed by atoms with Gasteiger partial charge in [0.25, 0.3) is 0 Å². The Hall–Kier alpha value is -1.48. The van der Waals surface area contributed by atoms with Gasteiger partial charge in [0.1, 0.15) is 12.0 Å². The van der Waals surface area contributed by atoms with Gasteiger partial charge in [-0.05, 0) is 24.3 Å². The molecule has 0 unspecified atom stereocenters. The number of nitrogens with zero attached hydrogens (tertiary/aromatic N) is 1. The van der Waals surface area contributed by atoms with E-state index in [1.54, 1.807) is 6.26 Å². The number of aromatic nitrogens is 1. The molecule has 1 N–H and O–H groups in total. The highest BCUT2D eigenvalue weighted by atomic mass is 35.5. The maximum Gasteiger partial charge on any atom is 0.124 e. The van der Waals surface area contributed by atoms with Crippen molar-refractivity contribution in [3.05, 3.63) is 47.3 Å². The molecule has 4 heteroatoms. The molecule has 0 aliphatic heterocycles. The highest BCUT2D eigenvalue weighted by molar-refractivity contribution is 6.30. The predicted molar refractivity (Wildman–Crippen MR) is 55.3 cm³/mol. The molecule has 2 aromatic rings. The average Bonchev–Trinajstić information content (AvgIpc) is 2.70. The zero-order valence-electron chi connectivity index (χ0n) is 7.40. The first-order chi connectivity index (χ1) is 6.84. The molecule has 0 saturated carbocycles. The van der Waals surface area contributed by atoms with Gasteiger partial charge in [0.2, 0.25) is 0 Å². The topological polar surface area (TPSA) is 38.1 Å². The van der Waals surface area contributed by atoms with Gasteiger partial charge in [-0.25, -0.2) is 0 Å². The third-order valence-electron chi connectivity index (χ3n) is 1.81. The lowest BCUT2D eigenvalue weighted by atomic mass is 10.3. The van der Waals surface area contributed by atoms with E-state index in [-0.39, 0.29) is 0 Å². The predicted octanol–water partition coefficient (Wildman–Crippen LogP) is 2.94. The van der Waals surface area contributed by atoms with Gasteiger partial charge in [0, 0.05) is 16.8 Å². The summed E-state index contributed by atoms with van der Waals surface area (Å²) < 4.78 is 4.71. The molecule has 14 heavy (non-hydrogen) atoms. The lowest BCUT2D eigenvalue weighted by molar-refractivity contribution is 0.412. The van der Waals surface area contributed by atoms with Gasteiger partial charge in [-0.2, -0.15) is 0 Å². The van der Waals surface area contributed by atoms with Crippen LogP contribution in [-0.2, 0) is 6.54 Å². The molecule has 0 saturated heterocycles. The third-order valence-corrected chi connectivity index (χ3v) is 2.06. The van der Waals surface area contributed by atoms with Gasteiger partial charge >= 0.3 is 0 Å². The average molecular weight is 209 g/mol. The van der Waals surface area contributed by atoms with Crippen LogP contribution in [0.15, 0.2) is 41.1 Å². The van der Waals surface area contributed by atoms with Crippen LogP contribution in [0, 0.1) is 0 Å². The van der Waals surface area contributed by atoms with E-state index < -0.39 is 0 Å². The number of hydrogen-bond donors (Lipinski definition) is 1. The zero-order valence-corrected chi connectivity index (χ0v) is 8.16. The summed E-state index contributed by atoms with van der Waals surface area (Å²) in [6.45, 7) is 0.651. The van der Waals surface area contributed by atoms with Crippen molar-refractivity contribution < 1.29 is 4.52 Å². The maximum absolute atomic E-state index is 5.76. The molecule has 1 heterocycles. The van der Waals surface area contributed by atoms with Crippen LogP contribution in [0.4, 0.5) is 5.69 Å². The Morgan fingerprint density at radius 1 is 1.21 bits per heavy atom. The van der Waals surface area contributed by atoms with Crippen LogP contribution in [0.2, 0.25) is 5.02 Å². The van der Waals surface area contributed by atoms with Crippen molar-refractivity contribution in [1.29, 1.82) is 0 Å². The van der Waals surface area contributed by atoms with Gasteiger partial charge < -0.3 is 9.84 Å². The van der Waals surface area contributed by atoms with E-state index in [0.717, 1.165) is 16.4 Å². The molecule has 0 aliphatic rings. The summed E-state index contributed by atoms with van der Waals surface area (Å²) in [5.74, 6) is 0. The van der Waals surface area contributed by atoms with E-state index in [1.165, 1.54) is 0 Å². The molecule has 0 aliphatic carbocycles. The summed E-state index contributed by atoms with van der Waals surface area (Å²) in [6.07, 6.45) is 1.55. The Balaban J connectivity index is 1.95. The van der Waals surface area contributed by atoms with Crippen molar-refractivity contribution in [3.8, 4) is 0 Å². The normalized spacial score (nSPS) is 10.1. The summed E-state index contributed by atoms with van der Waals surface area (Å²) in [5, 5.41) is 7.71. The Morgan fingerprint density at radius 2 is 2.00 bits per heavy atom. The molecule has 72 valence electrons. The second kappa shape index (κ2) is 4.15. The molecule has 1 aromatic heterocycles. The van der Waals surface area contributed by atoms with Crippen molar-refractivity contribution in [3.63, 3.8) is 0 Å². The van der Waals surface area contributed by atoms with Crippen molar-refractivity contribution in [1.82, 2.24) is 5.16 Å². The number of anilines is 1. The highest BCUT2D eigenvalue weighted by Crippen LogP contribution is 2.13. The minimum absolute atomic E-state index is 0.651. The molecule has 1 aromatic carbocycles. The van der Waals surface area contributed by atoms with E-state index in [1.807, 2.05) is 30.3 Å². The van der Waals surface area contributed by atoms with Gasteiger partial charge in [-0.3, -0.25) is 0 Å². The van der Waals surface area contributed by atoms with Gasteiger partial charge in [0.15, 0.2) is 0 Å². The first kappa shape index (κ1) is 9.09. The monoisotopic (exact) mass is 208 g/mol. The molecule has 3 nitrogen and oxygen atoms in total. The summed E-state index contributed by atoms with van der Waals surface area (Å²) in [4.78, 5) is 0. The molecule has 0 bridgehead atoms. The fourth-order valence-corrected chi connectivity index (χ4v) is 1.22.